The van der Waals surface area contributed by atoms with Crippen molar-refractivity contribution in [2.45, 2.75) is 25.0 Å². The minimum Gasteiger partial charge on any atom is -0.426 e. The second kappa shape index (κ2) is 9.85. The average Bonchev–Trinajstić information content (AvgIpc) is 3.29. The van der Waals surface area contributed by atoms with Crippen LogP contribution in [0.5, 0.6) is 0 Å². The molecule has 6 nitrogen and oxygen atoms in total. The lowest BCUT2D eigenvalue weighted by Gasteiger charge is -2.36. The van der Waals surface area contributed by atoms with Crippen molar-refractivity contribution >= 4 is 23.4 Å². The summed E-state index contributed by atoms with van der Waals surface area (Å²) in [6.45, 7) is 5.00. The van der Waals surface area contributed by atoms with Gasteiger partial charge in [-0.3, -0.25) is 4.90 Å². The number of carbonyl (C=O) groups is 1. The Morgan fingerprint density at radius 1 is 1.00 bits per heavy atom. The normalized spacial score (nSPS) is 24.4. The van der Waals surface area contributed by atoms with Crippen molar-refractivity contribution in [2.24, 2.45) is 11.8 Å². The molecule has 0 N–H and O–H groups in total. The molecule has 4 rings (SSSR count). The molecular formula is C22H27ClF6N4O2. The summed E-state index contributed by atoms with van der Waals surface area (Å²) < 4.78 is 80.0. The summed E-state index contributed by atoms with van der Waals surface area (Å²) in [4.78, 5) is 19.6. The van der Waals surface area contributed by atoms with Gasteiger partial charge in [0.25, 0.3) is 6.10 Å². The molecule has 2 atom stereocenters. The highest BCUT2D eigenvalue weighted by Gasteiger charge is 2.60. The number of fused-ring (bicyclic) bond motifs is 1. The van der Waals surface area contributed by atoms with Gasteiger partial charge in [0.2, 0.25) is 0 Å². The van der Waals surface area contributed by atoms with E-state index in [4.69, 9.17) is 11.6 Å². The summed E-state index contributed by atoms with van der Waals surface area (Å²) in [5, 5.41) is 0.620. The number of likely N-dealkylation sites (tertiary alicyclic amines) is 1. The fourth-order valence-corrected chi connectivity index (χ4v) is 5.38. The van der Waals surface area contributed by atoms with Gasteiger partial charge in [0.1, 0.15) is 0 Å². The van der Waals surface area contributed by atoms with E-state index in [0.717, 1.165) is 42.3 Å². The van der Waals surface area contributed by atoms with E-state index in [9.17, 15) is 31.1 Å². The minimum absolute atomic E-state index is 0.0373. The first-order chi connectivity index (χ1) is 16.3. The third kappa shape index (κ3) is 6.08. The fraction of sp³-hybridized carbons (Fsp3) is 0.682. The van der Waals surface area contributed by atoms with Crippen LogP contribution >= 0.6 is 11.6 Å². The maximum atomic E-state index is 12.7. The molecule has 1 aromatic carbocycles. The van der Waals surface area contributed by atoms with Gasteiger partial charge in [-0.1, -0.05) is 17.7 Å². The highest BCUT2D eigenvalue weighted by molar-refractivity contribution is 6.30. The molecule has 0 aromatic heterocycles. The van der Waals surface area contributed by atoms with E-state index < -0.39 is 24.5 Å². The van der Waals surface area contributed by atoms with E-state index in [1.807, 2.05) is 17.0 Å². The highest BCUT2D eigenvalue weighted by Crippen LogP contribution is 2.37. The summed E-state index contributed by atoms with van der Waals surface area (Å²) in [6, 6.07) is 5.67. The predicted molar refractivity (Wildman–Crippen MR) is 117 cm³/mol. The summed E-state index contributed by atoms with van der Waals surface area (Å²) in [5.41, 5.74) is 2.07. The van der Waals surface area contributed by atoms with Crippen LogP contribution in [0.1, 0.15) is 5.56 Å². The lowest BCUT2D eigenvalue weighted by Crippen LogP contribution is -2.52. The monoisotopic (exact) mass is 528 g/mol. The van der Waals surface area contributed by atoms with Crippen LogP contribution in [0, 0.1) is 11.8 Å². The van der Waals surface area contributed by atoms with Gasteiger partial charge < -0.3 is 19.4 Å². The SMILES string of the molecule is CN1CC2CN(c3cc(Cl)ccc3CN3CCN(C(=O)OC(C(F)(F)F)C(F)(F)F)CC3)CC2C1. The molecule has 0 aliphatic carbocycles. The van der Waals surface area contributed by atoms with E-state index in [1.54, 1.807) is 6.07 Å². The number of rotatable bonds is 4. The Morgan fingerprint density at radius 2 is 1.57 bits per heavy atom. The summed E-state index contributed by atoms with van der Waals surface area (Å²) in [5.74, 6) is 1.19. The summed E-state index contributed by atoms with van der Waals surface area (Å²) >= 11 is 6.27. The number of piperazine rings is 1. The number of halogens is 7. The number of carbonyl (C=O) groups excluding carboxylic acids is 1. The minimum atomic E-state index is -5.73. The molecule has 2 unspecified atom stereocenters. The molecular weight excluding hydrogens is 502 g/mol. The van der Waals surface area contributed by atoms with Crippen LogP contribution in [0.3, 0.4) is 0 Å². The van der Waals surface area contributed by atoms with Crippen molar-refractivity contribution in [3.05, 3.63) is 28.8 Å². The fourth-order valence-electron chi connectivity index (χ4n) is 5.21. The molecule has 196 valence electrons. The van der Waals surface area contributed by atoms with E-state index in [0.29, 0.717) is 23.4 Å². The standard InChI is InChI=1S/C22H27ClF6N4O2/c1-30-9-15-12-33(13-16(15)10-30)18-8-17(23)3-2-14(18)11-31-4-6-32(7-5-31)20(34)35-19(21(24,25)26)22(27,28)29/h2-3,8,15-16,19H,4-7,9-13H2,1H3. The Kier molecular flexibility index (Phi) is 7.36. The first-order valence-electron chi connectivity index (χ1n) is 11.3. The zero-order chi connectivity index (χ0) is 25.5. The maximum absolute atomic E-state index is 12.7. The number of anilines is 1. The maximum Gasteiger partial charge on any atom is 0.434 e. The van der Waals surface area contributed by atoms with Crippen molar-refractivity contribution in [1.29, 1.82) is 0 Å². The molecule has 0 bridgehead atoms. The van der Waals surface area contributed by atoms with Gasteiger partial charge in [0.15, 0.2) is 0 Å². The molecule has 3 saturated heterocycles. The largest absolute Gasteiger partial charge is 0.434 e. The average molecular weight is 529 g/mol. The van der Waals surface area contributed by atoms with E-state index in [-0.39, 0.29) is 26.2 Å². The number of ether oxygens (including phenoxy) is 1. The molecule has 3 aliphatic rings. The van der Waals surface area contributed by atoms with Crippen molar-refractivity contribution < 1.29 is 35.9 Å². The molecule has 1 aromatic rings. The molecule has 13 heteroatoms. The van der Waals surface area contributed by atoms with Crippen LogP contribution in [-0.2, 0) is 11.3 Å². The summed E-state index contributed by atoms with van der Waals surface area (Å²) in [6.07, 6.45) is -17.2. The third-order valence-electron chi connectivity index (χ3n) is 6.89. The predicted octanol–water partition coefficient (Wildman–Crippen LogP) is 4.09. The number of nitrogens with zero attached hydrogens (tertiary/aromatic N) is 4. The van der Waals surface area contributed by atoms with E-state index in [2.05, 4.69) is 21.6 Å². The van der Waals surface area contributed by atoms with Crippen LogP contribution in [0.15, 0.2) is 18.2 Å². The van der Waals surface area contributed by atoms with Crippen LogP contribution in [0.4, 0.5) is 36.8 Å². The Morgan fingerprint density at radius 3 is 2.11 bits per heavy atom. The van der Waals surface area contributed by atoms with Gasteiger partial charge in [0, 0.05) is 69.6 Å². The molecule has 3 fully saturated rings. The Hall–Kier alpha value is -1.92. The second-order valence-corrected chi connectivity index (χ2v) is 9.97. The molecule has 1 amide bonds. The van der Waals surface area contributed by atoms with Crippen molar-refractivity contribution in [3.63, 3.8) is 0 Å². The Balaban J connectivity index is 1.35. The third-order valence-corrected chi connectivity index (χ3v) is 7.13. The number of amides is 1. The molecule has 3 heterocycles. The zero-order valence-corrected chi connectivity index (χ0v) is 19.8. The Bertz CT molecular complexity index is 894. The van der Waals surface area contributed by atoms with Gasteiger partial charge in [-0.25, -0.2) is 4.79 Å². The lowest BCUT2D eigenvalue weighted by molar-refractivity contribution is -0.308. The quantitative estimate of drug-likeness (QED) is 0.551. The van der Waals surface area contributed by atoms with Crippen molar-refractivity contribution in [2.75, 3.05) is 64.3 Å². The number of benzene rings is 1. The number of hydrogen-bond acceptors (Lipinski definition) is 5. The molecule has 0 spiro atoms. The van der Waals surface area contributed by atoms with Gasteiger partial charge in [-0.2, -0.15) is 26.3 Å². The number of alkyl halides is 6. The molecule has 35 heavy (non-hydrogen) atoms. The zero-order valence-electron chi connectivity index (χ0n) is 19.1. The Labute approximate surface area is 204 Å². The van der Waals surface area contributed by atoms with Crippen LogP contribution in [0.25, 0.3) is 0 Å². The van der Waals surface area contributed by atoms with E-state index >= 15 is 0 Å². The second-order valence-electron chi connectivity index (χ2n) is 9.53. The van der Waals surface area contributed by atoms with Gasteiger partial charge in [-0.15, -0.1) is 0 Å². The van der Waals surface area contributed by atoms with Crippen LogP contribution < -0.4 is 4.90 Å². The van der Waals surface area contributed by atoms with Crippen molar-refractivity contribution in [3.8, 4) is 0 Å². The number of hydrogen-bond donors (Lipinski definition) is 0. The van der Waals surface area contributed by atoms with Gasteiger partial charge >= 0.3 is 18.4 Å². The van der Waals surface area contributed by atoms with Gasteiger partial charge in [0.05, 0.1) is 0 Å². The lowest BCUT2D eigenvalue weighted by atomic mass is 10.0. The van der Waals surface area contributed by atoms with Crippen LogP contribution in [0.2, 0.25) is 5.02 Å². The first-order valence-corrected chi connectivity index (χ1v) is 11.7. The van der Waals surface area contributed by atoms with Gasteiger partial charge in [-0.05, 0) is 36.6 Å². The van der Waals surface area contributed by atoms with E-state index in [1.165, 1.54) is 0 Å². The first kappa shape index (κ1) is 26.2. The topological polar surface area (TPSA) is 39.3 Å². The molecule has 0 radical (unpaired) electrons. The molecule has 0 saturated carbocycles. The summed E-state index contributed by atoms with van der Waals surface area (Å²) in [7, 11) is 2.12. The highest BCUT2D eigenvalue weighted by atomic mass is 35.5. The van der Waals surface area contributed by atoms with Crippen LogP contribution in [-0.4, -0.2) is 98.7 Å². The van der Waals surface area contributed by atoms with Crippen molar-refractivity contribution in [1.82, 2.24) is 14.7 Å². The molecule has 3 aliphatic heterocycles. The smallest absolute Gasteiger partial charge is 0.426 e.